The monoisotopic (exact) mass is 361 g/mol. The fourth-order valence-electron chi connectivity index (χ4n) is 3.18. The number of piperidine rings is 1. The molecule has 0 saturated carbocycles. The van der Waals surface area contributed by atoms with Crippen LogP contribution in [0.5, 0.6) is 0 Å². The third-order valence-corrected chi connectivity index (χ3v) is 4.78. The molecular weight excluding hydrogens is 330 g/mol. The summed E-state index contributed by atoms with van der Waals surface area (Å²) < 4.78 is 10.7. The molecule has 1 heterocycles. The van der Waals surface area contributed by atoms with Gasteiger partial charge in [0.05, 0.1) is 19.1 Å². The molecule has 1 fully saturated rings. The molecule has 1 aliphatic rings. The fraction of sp³-hybridized carbons (Fsp3) is 0.600. The molecule has 0 radical (unpaired) electrons. The van der Waals surface area contributed by atoms with E-state index in [1.807, 2.05) is 18.2 Å². The van der Waals surface area contributed by atoms with Crippen molar-refractivity contribution in [2.24, 2.45) is 10.9 Å². The molecule has 0 bridgehead atoms. The van der Waals surface area contributed by atoms with E-state index in [2.05, 4.69) is 34.3 Å². The Kier molecular flexibility index (Phi) is 8.41. The van der Waals surface area contributed by atoms with Crippen molar-refractivity contribution in [3.8, 4) is 0 Å². The van der Waals surface area contributed by atoms with Crippen LogP contribution in [0.15, 0.2) is 35.3 Å². The van der Waals surface area contributed by atoms with Crippen LogP contribution in [0.25, 0.3) is 0 Å². The Morgan fingerprint density at radius 3 is 2.62 bits per heavy atom. The van der Waals surface area contributed by atoms with E-state index in [-0.39, 0.29) is 18.0 Å². The van der Waals surface area contributed by atoms with Crippen LogP contribution < -0.4 is 5.32 Å². The summed E-state index contributed by atoms with van der Waals surface area (Å²) in [5.41, 5.74) is 1.20. The van der Waals surface area contributed by atoms with Crippen molar-refractivity contribution < 1.29 is 14.3 Å². The first-order chi connectivity index (χ1) is 12.7. The minimum atomic E-state index is -0.0997. The molecule has 2 rings (SSSR count). The Balaban J connectivity index is 1.64. The number of aliphatic imine (C=N–C) groups is 1. The number of guanidine groups is 1. The zero-order chi connectivity index (χ0) is 18.8. The summed E-state index contributed by atoms with van der Waals surface area (Å²) in [5.74, 6) is 0.809. The molecule has 26 heavy (non-hydrogen) atoms. The quantitative estimate of drug-likeness (QED) is 0.350. The van der Waals surface area contributed by atoms with E-state index in [1.165, 1.54) is 12.7 Å². The first kappa shape index (κ1) is 20.2. The maximum atomic E-state index is 11.6. The van der Waals surface area contributed by atoms with Gasteiger partial charge >= 0.3 is 5.97 Å². The van der Waals surface area contributed by atoms with Gasteiger partial charge in [-0.15, -0.1) is 0 Å². The molecule has 6 nitrogen and oxygen atoms in total. The van der Waals surface area contributed by atoms with E-state index in [0.29, 0.717) is 6.61 Å². The minimum absolute atomic E-state index is 0.0160. The van der Waals surface area contributed by atoms with Gasteiger partial charge in [0.2, 0.25) is 0 Å². The van der Waals surface area contributed by atoms with Gasteiger partial charge in [-0.1, -0.05) is 30.3 Å². The summed E-state index contributed by atoms with van der Waals surface area (Å²) in [7, 11) is 3.25. The Labute approximate surface area is 156 Å². The molecule has 0 aliphatic carbocycles. The third kappa shape index (κ3) is 6.02. The average molecular weight is 361 g/mol. The molecule has 144 valence electrons. The van der Waals surface area contributed by atoms with Gasteiger partial charge in [-0.3, -0.25) is 9.79 Å². The minimum Gasteiger partial charge on any atom is -0.469 e. The smallest absolute Gasteiger partial charge is 0.308 e. The van der Waals surface area contributed by atoms with Crippen molar-refractivity contribution in [1.82, 2.24) is 10.2 Å². The predicted molar refractivity (Wildman–Crippen MR) is 103 cm³/mol. The molecular formula is C20H31N3O3. The highest BCUT2D eigenvalue weighted by atomic mass is 16.5. The van der Waals surface area contributed by atoms with Crippen molar-refractivity contribution in [2.45, 2.75) is 32.3 Å². The highest BCUT2D eigenvalue weighted by Gasteiger charge is 2.26. The van der Waals surface area contributed by atoms with Crippen molar-refractivity contribution in [2.75, 3.05) is 40.4 Å². The molecule has 1 N–H and O–H groups in total. The number of methoxy groups -OCH3 is 1. The molecule has 1 atom stereocenters. The van der Waals surface area contributed by atoms with Gasteiger partial charge in [-0.2, -0.15) is 0 Å². The molecule has 1 aromatic carbocycles. The largest absolute Gasteiger partial charge is 0.469 e. The van der Waals surface area contributed by atoms with E-state index < -0.39 is 0 Å². The van der Waals surface area contributed by atoms with Crippen LogP contribution in [-0.2, 0) is 14.3 Å². The first-order valence-electron chi connectivity index (χ1n) is 9.35. The number of benzene rings is 1. The topological polar surface area (TPSA) is 63.2 Å². The number of hydrogen-bond acceptors (Lipinski definition) is 4. The highest BCUT2D eigenvalue weighted by molar-refractivity contribution is 5.80. The number of esters is 1. The van der Waals surface area contributed by atoms with Crippen molar-refractivity contribution >= 4 is 11.9 Å². The van der Waals surface area contributed by atoms with Gasteiger partial charge in [0.15, 0.2) is 5.96 Å². The maximum Gasteiger partial charge on any atom is 0.308 e. The summed E-state index contributed by atoms with van der Waals surface area (Å²) in [6.45, 7) is 5.23. The zero-order valence-corrected chi connectivity index (χ0v) is 16.1. The zero-order valence-electron chi connectivity index (χ0n) is 16.1. The number of carbonyl (C=O) groups is 1. The second-order valence-electron chi connectivity index (χ2n) is 6.54. The lowest BCUT2D eigenvalue weighted by Crippen LogP contribution is -2.47. The summed E-state index contributed by atoms with van der Waals surface area (Å²) >= 11 is 0. The van der Waals surface area contributed by atoms with E-state index in [4.69, 9.17) is 9.47 Å². The number of rotatable bonds is 7. The number of nitrogens with zero attached hydrogens (tertiary/aromatic N) is 2. The SMILES string of the molecule is CN=C(NCCCOC(C)c1ccccc1)N1CCC(C(=O)OC)CC1. The van der Waals surface area contributed by atoms with Crippen LogP contribution >= 0.6 is 0 Å². The highest BCUT2D eigenvalue weighted by Crippen LogP contribution is 2.18. The number of ether oxygens (including phenoxy) is 2. The lowest BCUT2D eigenvalue weighted by molar-refractivity contribution is -0.146. The Hall–Kier alpha value is -2.08. The van der Waals surface area contributed by atoms with Gasteiger partial charge < -0.3 is 19.7 Å². The van der Waals surface area contributed by atoms with Crippen molar-refractivity contribution in [3.05, 3.63) is 35.9 Å². The lowest BCUT2D eigenvalue weighted by Gasteiger charge is -2.33. The van der Waals surface area contributed by atoms with Crippen molar-refractivity contribution in [1.29, 1.82) is 0 Å². The summed E-state index contributed by atoms with van der Waals surface area (Å²) in [4.78, 5) is 18.2. The van der Waals surface area contributed by atoms with Crippen LogP contribution in [0.4, 0.5) is 0 Å². The average Bonchev–Trinajstić information content (AvgIpc) is 2.70. The van der Waals surface area contributed by atoms with Crippen LogP contribution in [-0.4, -0.2) is 57.2 Å². The molecule has 1 unspecified atom stereocenters. The molecule has 0 amide bonds. The van der Waals surface area contributed by atoms with E-state index in [9.17, 15) is 4.79 Å². The second kappa shape index (κ2) is 10.8. The lowest BCUT2D eigenvalue weighted by atomic mass is 9.97. The van der Waals surface area contributed by atoms with Gasteiger partial charge in [0, 0.05) is 33.3 Å². The Morgan fingerprint density at radius 1 is 1.31 bits per heavy atom. The number of carbonyl (C=O) groups excluding carboxylic acids is 1. The van der Waals surface area contributed by atoms with Crippen LogP contribution in [0.1, 0.15) is 37.9 Å². The Morgan fingerprint density at radius 2 is 2.00 bits per heavy atom. The Bertz CT molecular complexity index is 569. The number of likely N-dealkylation sites (tertiary alicyclic amines) is 1. The fourth-order valence-corrected chi connectivity index (χ4v) is 3.18. The molecule has 1 aliphatic heterocycles. The van der Waals surface area contributed by atoms with Crippen molar-refractivity contribution in [3.63, 3.8) is 0 Å². The molecule has 1 saturated heterocycles. The van der Waals surface area contributed by atoms with Gasteiger partial charge in [-0.05, 0) is 31.7 Å². The maximum absolute atomic E-state index is 11.6. The van der Waals surface area contributed by atoms with Crippen LogP contribution in [0, 0.1) is 5.92 Å². The number of nitrogens with one attached hydrogen (secondary N) is 1. The summed E-state index contributed by atoms with van der Waals surface area (Å²) in [6.07, 6.45) is 2.64. The van der Waals surface area contributed by atoms with E-state index in [1.54, 1.807) is 7.05 Å². The first-order valence-corrected chi connectivity index (χ1v) is 9.35. The van der Waals surface area contributed by atoms with Gasteiger partial charge in [-0.25, -0.2) is 0 Å². The molecule has 6 heteroatoms. The van der Waals surface area contributed by atoms with Gasteiger partial charge in [0.25, 0.3) is 0 Å². The molecule has 0 aromatic heterocycles. The third-order valence-electron chi connectivity index (χ3n) is 4.78. The van der Waals surface area contributed by atoms with Crippen LogP contribution in [0.3, 0.4) is 0 Å². The molecule has 1 aromatic rings. The molecule has 0 spiro atoms. The standard InChI is InChI=1S/C20H31N3O3/c1-16(17-8-5-4-6-9-17)26-15-7-12-22-20(21-2)23-13-10-18(11-14-23)19(24)25-3/h4-6,8-9,16,18H,7,10-15H2,1-3H3,(H,21,22). The van der Waals surface area contributed by atoms with E-state index in [0.717, 1.165) is 44.9 Å². The normalized spacial score (nSPS) is 17.0. The summed E-state index contributed by atoms with van der Waals surface area (Å²) in [5, 5.41) is 3.39. The van der Waals surface area contributed by atoms with Crippen LogP contribution in [0.2, 0.25) is 0 Å². The second-order valence-corrected chi connectivity index (χ2v) is 6.54. The summed E-state index contributed by atoms with van der Waals surface area (Å²) in [6, 6.07) is 10.2. The number of hydrogen-bond donors (Lipinski definition) is 1. The van der Waals surface area contributed by atoms with E-state index >= 15 is 0 Å². The van der Waals surface area contributed by atoms with Gasteiger partial charge in [0.1, 0.15) is 0 Å². The predicted octanol–water partition coefficient (Wildman–Crippen LogP) is 2.61.